The maximum Gasteiger partial charge on any atom is 0.192 e. The minimum absolute atomic E-state index is 0.144. The Morgan fingerprint density at radius 2 is 1.77 bits per heavy atom. The van der Waals surface area contributed by atoms with Crippen LogP contribution >= 0.6 is 0 Å². The molecule has 2 heterocycles. The molecular formula is C18H35N3O4Si. The SMILES string of the molecule is CC1(C)O[C@H](CO[Si](C)(C)C(C)(C)C)[C@@H](Cn2cc(C(C)(C)O)nn2)O1. The van der Waals surface area contributed by atoms with Crippen LogP contribution in [0.25, 0.3) is 0 Å². The lowest BCUT2D eigenvalue weighted by Crippen LogP contribution is -2.44. The van der Waals surface area contributed by atoms with Gasteiger partial charge >= 0.3 is 0 Å². The zero-order valence-electron chi connectivity index (χ0n) is 17.7. The Bertz CT molecular complexity index is 617. The van der Waals surface area contributed by atoms with E-state index >= 15 is 0 Å². The van der Waals surface area contributed by atoms with Crippen molar-refractivity contribution in [2.45, 2.75) is 96.7 Å². The molecule has 1 fully saturated rings. The molecule has 1 aliphatic heterocycles. The van der Waals surface area contributed by atoms with Gasteiger partial charge in [0.05, 0.1) is 19.3 Å². The fourth-order valence-corrected chi connectivity index (χ4v) is 3.58. The van der Waals surface area contributed by atoms with Crippen LogP contribution in [0.2, 0.25) is 18.1 Å². The first-order valence-corrected chi connectivity index (χ1v) is 12.1. The molecule has 150 valence electrons. The van der Waals surface area contributed by atoms with Crippen LogP contribution < -0.4 is 0 Å². The monoisotopic (exact) mass is 385 g/mol. The van der Waals surface area contributed by atoms with Crippen molar-refractivity contribution >= 4 is 8.32 Å². The minimum atomic E-state index is -1.86. The predicted molar refractivity (Wildman–Crippen MR) is 102 cm³/mol. The van der Waals surface area contributed by atoms with Gasteiger partial charge in [-0.2, -0.15) is 0 Å². The molecule has 0 amide bonds. The van der Waals surface area contributed by atoms with E-state index in [0.29, 0.717) is 18.8 Å². The van der Waals surface area contributed by atoms with Crippen molar-refractivity contribution in [1.82, 2.24) is 15.0 Å². The van der Waals surface area contributed by atoms with E-state index in [9.17, 15) is 5.11 Å². The van der Waals surface area contributed by atoms with Gasteiger partial charge in [-0.05, 0) is 45.8 Å². The Kier molecular flexibility index (Phi) is 5.77. The molecule has 7 nitrogen and oxygen atoms in total. The third-order valence-electron chi connectivity index (χ3n) is 5.23. The Labute approximate surface area is 158 Å². The molecule has 2 rings (SSSR count). The van der Waals surface area contributed by atoms with Crippen LogP contribution in [-0.4, -0.2) is 53.0 Å². The van der Waals surface area contributed by atoms with E-state index in [0.717, 1.165) is 0 Å². The van der Waals surface area contributed by atoms with Gasteiger partial charge in [-0.3, -0.25) is 0 Å². The Hall–Kier alpha value is -0.803. The summed E-state index contributed by atoms with van der Waals surface area (Å²) in [4.78, 5) is 0. The van der Waals surface area contributed by atoms with Crippen molar-refractivity contribution in [2.75, 3.05) is 6.61 Å². The van der Waals surface area contributed by atoms with E-state index in [-0.39, 0.29) is 17.2 Å². The number of hydrogen-bond acceptors (Lipinski definition) is 6. The molecule has 0 spiro atoms. The molecule has 1 aromatic heterocycles. The van der Waals surface area contributed by atoms with Crippen LogP contribution in [0.15, 0.2) is 6.20 Å². The topological polar surface area (TPSA) is 78.6 Å². The number of nitrogens with zero attached hydrogens (tertiary/aromatic N) is 3. The van der Waals surface area contributed by atoms with Gasteiger partial charge in [0, 0.05) is 0 Å². The van der Waals surface area contributed by atoms with Crippen LogP contribution in [0.1, 0.15) is 54.2 Å². The van der Waals surface area contributed by atoms with E-state index in [1.807, 2.05) is 13.8 Å². The predicted octanol–water partition coefficient (Wildman–Crippen LogP) is 3.05. The van der Waals surface area contributed by atoms with Crippen LogP contribution in [0, 0.1) is 0 Å². The molecule has 1 saturated heterocycles. The third kappa shape index (κ3) is 5.13. The normalized spacial score (nSPS) is 24.2. The number of ether oxygens (including phenoxy) is 2. The summed E-state index contributed by atoms with van der Waals surface area (Å²) in [5.41, 5.74) is -0.486. The van der Waals surface area contributed by atoms with Crippen LogP contribution in [-0.2, 0) is 26.0 Å². The average Bonchev–Trinajstić information content (AvgIpc) is 2.99. The lowest BCUT2D eigenvalue weighted by molar-refractivity contribution is -0.149. The standard InChI is InChI=1S/C18H35N3O4Si/c1-16(2,3)26(8,9)23-12-14-13(24-18(6,7)25-14)10-21-11-15(19-20-21)17(4,5)22/h11,13-14,22H,10,12H2,1-9H3/t13-,14-/m1/s1. The summed E-state index contributed by atoms with van der Waals surface area (Å²) in [7, 11) is -1.86. The maximum atomic E-state index is 10.1. The molecule has 26 heavy (non-hydrogen) atoms. The average molecular weight is 386 g/mol. The molecule has 8 heteroatoms. The van der Waals surface area contributed by atoms with E-state index in [1.165, 1.54) is 0 Å². The van der Waals surface area contributed by atoms with E-state index < -0.39 is 19.7 Å². The van der Waals surface area contributed by atoms with Gasteiger partial charge in [-0.15, -0.1) is 5.10 Å². The molecule has 2 atom stereocenters. The van der Waals surface area contributed by atoms with Gasteiger partial charge in [0.1, 0.15) is 23.5 Å². The van der Waals surface area contributed by atoms with Gasteiger partial charge in [-0.25, -0.2) is 4.68 Å². The van der Waals surface area contributed by atoms with Gasteiger partial charge in [0.25, 0.3) is 0 Å². The summed E-state index contributed by atoms with van der Waals surface area (Å²) in [5, 5.41) is 18.4. The molecule has 1 aromatic rings. The molecular weight excluding hydrogens is 350 g/mol. The Morgan fingerprint density at radius 1 is 1.19 bits per heavy atom. The number of aliphatic hydroxyl groups is 1. The molecule has 0 saturated carbocycles. The second-order valence-electron chi connectivity index (χ2n) is 9.67. The Morgan fingerprint density at radius 3 is 2.27 bits per heavy atom. The van der Waals surface area contributed by atoms with E-state index in [4.69, 9.17) is 13.9 Å². The largest absolute Gasteiger partial charge is 0.414 e. The van der Waals surface area contributed by atoms with Gasteiger partial charge in [0.2, 0.25) is 0 Å². The number of aromatic nitrogens is 3. The van der Waals surface area contributed by atoms with Gasteiger partial charge < -0.3 is 19.0 Å². The zero-order valence-corrected chi connectivity index (χ0v) is 18.7. The van der Waals surface area contributed by atoms with Gasteiger partial charge in [-0.1, -0.05) is 26.0 Å². The summed E-state index contributed by atoms with van der Waals surface area (Å²) in [6.07, 6.45) is 1.39. The summed E-state index contributed by atoms with van der Waals surface area (Å²) in [5.74, 6) is -0.661. The Balaban J connectivity index is 2.07. The highest BCUT2D eigenvalue weighted by molar-refractivity contribution is 6.74. The number of hydrogen-bond donors (Lipinski definition) is 1. The summed E-state index contributed by atoms with van der Waals surface area (Å²) >= 11 is 0. The van der Waals surface area contributed by atoms with Crippen molar-refractivity contribution in [3.05, 3.63) is 11.9 Å². The lowest BCUT2D eigenvalue weighted by Gasteiger charge is -2.37. The fraction of sp³-hybridized carbons (Fsp3) is 0.889. The van der Waals surface area contributed by atoms with E-state index in [1.54, 1.807) is 24.7 Å². The van der Waals surface area contributed by atoms with Crippen molar-refractivity contribution in [3.8, 4) is 0 Å². The molecule has 1 N–H and O–H groups in total. The first-order valence-electron chi connectivity index (χ1n) is 9.23. The molecule has 0 aromatic carbocycles. The molecule has 0 aliphatic carbocycles. The minimum Gasteiger partial charge on any atom is -0.414 e. The second-order valence-corrected chi connectivity index (χ2v) is 14.5. The van der Waals surface area contributed by atoms with Crippen molar-refractivity contribution < 1.29 is 19.0 Å². The molecule has 1 aliphatic rings. The van der Waals surface area contributed by atoms with Crippen molar-refractivity contribution in [3.63, 3.8) is 0 Å². The second kappa shape index (κ2) is 6.98. The zero-order chi connectivity index (χ0) is 20.0. The van der Waals surface area contributed by atoms with Crippen LogP contribution in [0.4, 0.5) is 0 Å². The molecule has 0 bridgehead atoms. The fourth-order valence-electron chi connectivity index (χ4n) is 2.56. The highest BCUT2D eigenvalue weighted by atomic mass is 28.4. The van der Waals surface area contributed by atoms with Crippen LogP contribution in [0.5, 0.6) is 0 Å². The number of rotatable bonds is 6. The van der Waals surface area contributed by atoms with E-state index in [2.05, 4.69) is 44.2 Å². The molecule has 0 unspecified atom stereocenters. The summed E-state index contributed by atoms with van der Waals surface area (Å²) in [6, 6.07) is 0. The smallest absolute Gasteiger partial charge is 0.192 e. The summed E-state index contributed by atoms with van der Waals surface area (Å²) < 4.78 is 20.2. The maximum absolute atomic E-state index is 10.1. The quantitative estimate of drug-likeness (QED) is 0.758. The third-order valence-corrected chi connectivity index (χ3v) is 9.73. The van der Waals surface area contributed by atoms with Crippen molar-refractivity contribution in [2.24, 2.45) is 0 Å². The molecule has 0 radical (unpaired) electrons. The first-order chi connectivity index (χ1) is 11.6. The first kappa shape index (κ1) is 21.5. The highest BCUT2D eigenvalue weighted by Crippen LogP contribution is 2.38. The van der Waals surface area contributed by atoms with Gasteiger partial charge in [0.15, 0.2) is 14.1 Å². The highest BCUT2D eigenvalue weighted by Gasteiger charge is 2.44. The summed E-state index contributed by atoms with van der Waals surface area (Å²) in [6.45, 7) is 19.3. The lowest BCUT2D eigenvalue weighted by atomic mass is 10.1. The van der Waals surface area contributed by atoms with Crippen LogP contribution in [0.3, 0.4) is 0 Å². The van der Waals surface area contributed by atoms with Crippen molar-refractivity contribution in [1.29, 1.82) is 0 Å².